The zero-order valence-corrected chi connectivity index (χ0v) is 15.1. The van der Waals surface area contributed by atoms with E-state index in [0.717, 1.165) is 22.4 Å². The monoisotopic (exact) mass is 340 g/mol. The molecule has 132 valence electrons. The van der Waals surface area contributed by atoms with Crippen LogP contribution in [0.1, 0.15) is 27.0 Å². The highest BCUT2D eigenvalue weighted by Crippen LogP contribution is 2.19. The standard InChI is InChI=1S/C20H24N2O3/c1-14-7-5-8-15(2)19(14)21-18(23)13-22(3)12-16-9-6-10-17(11-16)20(24)25-4/h5-11H,12-13H2,1-4H3,(H,21,23). The van der Waals surface area contributed by atoms with Crippen molar-refractivity contribution < 1.29 is 14.3 Å². The van der Waals surface area contributed by atoms with Gasteiger partial charge in [0.15, 0.2) is 0 Å². The fraction of sp³-hybridized carbons (Fsp3) is 0.300. The van der Waals surface area contributed by atoms with Gasteiger partial charge in [0, 0.05) is 12.2 Å². The van der Waals surface area contributed by atoms with Crippen LogP contribution in [0.2, 0.25) is 0 Å². The maximum Gasteiger partial charge on any atom is 0.337 e. The lowest BCUT2D eigenvalue weighted by atomic mass is 10.1. The van der Waals surface area contributed by atoms with Crippen LogP contribution < -0.4 is 5.32 Å². The normalized spacial score (nSPS) is 10.6. The van der Waals surface area contributed by atoms with Crippen LogP contribution in [0.4, 0.5) is 5.69 Å². The van der Waals surface area contributed by atoms with Gasteiger partial charge in [0.1, 0.15) is 0 Å². The molecule has 0 spiro atoms. The minimum Gasteiger partial charge on any atom is -0.465 e. The lowest BCUT2D eigenvalue weighted by Crippen LogP contribution is -2.30. The van der Waals surface area contributed by atoms with Crippen LogP contribution in [0.3, 0.4) is 0 Å². The molecule has 0 saturated heterocycles. The summed E-state index contributed by atoms with van der Waals surface area (Å²) in [6.45, 7) is 4.77. The van der Waals surface area contributed by atoms with Crippen LogP contribution in [0.25, 0.3) is 0 Å². The minimum atomic E-state index is -0.364. The van der Waals surface area contributed by atoms with E-state index in [1.807, 2.05) is 56.1 Å². The van der Waals surface area contributed by atoms with E-state index in [9.17, 15) is 9.59 Å². The van der Waals surface area contributed by atoms with Crippen molar-refractivity contribution in [3.05, 3.63) is 64.7 Å². The quantitative estimate of drug-likeness (QED) is 0.821. The number of ether oxygens (including phenoxy) is 1. The van der Waals surface area contributed by atoms with Crippen molar-refractivity contribution in [2.24, 2.45) is 0 Å². The van der Waals surface area contributed by atoms with Crippen LogP contribution in [-0.2, 0) is 16.1 Å². The molecule has 0 aliphatic carbocycles. The van der Waals surface area contributed by atoms with Crippen molar-refractivity contribution in [2.75, 3.05) is 26.0 Å². The Bertz CT molecular complexity index is 751. The third-order valence-corrected chi connectivity index (χ3v) is 3.96. The average molecular weight is 340 g/mol. The first kappa shape index (κ1) is 18.7. The number of carbonyl (C=O) groups is 2. The van der Waals surface area contributed by atoms with E-state index in [0.29, 0.717) is 12.1 Å². The Labute approximate surface area is 148 Å². The highest BCUT2D eigenvalue weighted by Gasteiger charge is 2.11. The Morgan fingerprint density at radius 3 is 2.36 bits per heavy atom. The lowest BCUT2D eigenvalue weighted by molar-refractivity contribution is -0.117. The van der Waals surface area contributed by atoms with Crippen molar-refractivity contribution in [3.63, 3.8) is 0 Å². The Hall–Kier alpha value is -2.66. The average Bonchev–Trinajstić information content (AvgIpc) is 2.57. The molecule has 0 unspecified atom stereocenters. The Balaban J connectivity index is 1.97. The summed E-state index contributed by atoms with van der Waals surface area (Å²) in [5.41, 5.74) is 4.41. The van der Waals surface area contributed by atoms with Gasteiger partial charge in [-0.1, -0.05) is 30.3 Å². The number of para-hydroxylation sites is 1. The van der Waals surface area contributed by atoms with Gasteiger partial charge in [-0.2, -0.15) is 0 Å². The molecule has 2 aromatic carbocycles. The predicted molar refractivity (Wildman–Crippen MR) is 98.7 cm³/mol. The molecule has 0 saturated carbocycles. The molecule has 0 aliphatic heterocycles. The second-order valence-corrected chi connectivity index (χ2v) is 6.18. The molecule has 25 heavy (non-hydrogen) atoms. The maximum atomic E-state index is 12.3. The first-order valence-electron chi connectivity index (χ1n) is 8.12. The third-order valence-electron chi connectivity index (χ3n) is 3.96. The minimum absolute atomic E-state index is 0.0657. The summed E-state index contributed by atoms with van der Waals surface area (Å²) < 4.78 is 4.73. The lowest BCUT2D eigenvalue weighted by Gasteiger charge is -2.18. The predicted octanol–water partition coefficient (Wildman–Crippen LogP) is 3.16. The summed E-state index contributed by atoms with van der Waals surface area (Å²) in [4.78, 5) is 25.8. The molecule has 0 aliphatic rings. The Kier molecular flexibility index (Phi) is 6.31. The first-order valence-corrected chi connectivity index (χ1v) is 8.12. The topological polar surface area (TPSA) is 58.6 Å². The summed E-state index contributed by atoms with van der Waals surface area (Å²) in [6.07, 6.45) is 0. The molecule has 5 heteroatoms. The van der Waals surface area contributed by atoms with E-state index < -0.39 is 0 Å². The Morgan fingerprint density at radius 1 is 1.08 bits per heavy atom. The second kappa shape index (κ2) is 8.44. The van der Waals surface area contributed by atoms with E-state index in [-0.39, 0.29) is 18.4 Å². The van der Waals surface area contributed by atoms with Crippen LogP contribution in [0, 0.1) is 13.8 Å². The summed E-state index contributed by atoms with van der Waals surface area (Å²) in [7, 11) is 3.23. The van der Waals surface area contributed by atoms with Gasteiger partial charge in [0.2, 0.25) is 5.91 Å². The molecule has 0 fully saturated rings. The smallest absolute Gasteiger partial charge is 0.337 e. The molecule has 0 atom stereocenters. The maximum absolute atomic E-state index is 12.3. The van der Waals surface area contributed by atoms with Crippen molar-refractivity contribution >= 4 is 17.6 Å². The number of rotatable bonds is 6. The van der Waals surface area contributed by atoms with Crippen LogP contribution in [0.15, 0.2) is 42.5 Å². The summed E-state index contributed by atoms with van der Waals surface area (Å²) in [5.74, 6) is -0.429. The van der Waals surface area contributed by atoms with Gasteiger partial charge in [0.25, 0.3) is 0 Å². The van der Waals surface area contributed by atoms with Gasteiger partial charge in [0.05, 0.1) is 19.2 Å². The highest BCUT2D eigenvalue weighted by atomic mass is 16.5. The number of nitrogens with zero attached hydrogens (tertiary/aromatic N) is 1. The number of benzene rings is 2. The zero-order valence-electron chi connectivity index (χ0n) is 15.1. The molecule has 1 N–H and O–H groups in total. The van der Waals surface area contributed by atoms with E-state index in [1.165, 1.54) is 7.11 Å². The van der Waals surface area contributed by atoms with Crippen molar-refractivity contribution in [2.45, 2.75) is 20.4 Å². The second-order valence-electron chi connectivity index (χ2n) is 6.18. The largest absolute Gasteiger partial charge is 0.465 e. The molecule has 0 aromatic heterocycles. The molecule has 5 nitrogen and oxygen atoms in total. The van der Waals surface area contributed by atoms with Gasteiger partial charge >= 0.3 is 5.97 Å². The zero-order chi connectivity index (χ0) is 18.4. The fourth-order valence-electron chi connectivity index (χ4n) is 2.72. The summed E-state index contributed by atoms with van der Waals surface area (Å²) >= 11 is 0. The number of carbonyl (C=O) groups excluding carboxylic acids is 2. The molecular formula is C20H24N2O3. The summed E-state index contributed by atoms with van der Waals surface area (Å²) in [6, 6.07) is 13.2. The van der Waals surface area contributed by atoms with Gasteiger partial charge < -0.3 is 10.1 Å². The van der Waals surface area contributed by atoms with Gasteiger partial charge in [-0.15, -0.1) is 0 Å². The molecule has 2 aromatic rings. The highest BCUT2D eigenvalue weighted by molar-refractivity contribution is 5.93. The summed E-state index contributed by atoms with van der Waals surface area (Å²) in [5, 5.41) is 2.98. The number of hydrogen-bond donors (Lipinski definition) is 1. The molecule has 0 radical (unpaired) electrons. The Morgan fingerprint density at radius 2 is 1.72 bits per heavy atom. The third kappa shape index (κ3) is 5.16. The number of esters is 1. The van der Waals surface area contributed by atoms with Crippen molar-refractivity contribution in [1.82, 2.24) is 4.90 Å². The number of anilines is 1. The number of likely N-dealkylation sites (N-methyl/N-ethyl adjacent to an activating group) is 1. The molecule has 0 bridgehead atoms. The molecular weight excluding hydrogens is 316 g/mol. The first-order chi connectivity index (χ1) is 11.9. The number of nitrogens with one attached hydrogen (secondary N) is 1. The van der Waals surface area contributed by atoms with E-state index in [1.54, 1.807) is 12.1 Å². The van der Waals surface area contributed by atoms with Crippen LogP contribution in [-0.4, -0.2) is 37.5 Å². The fourth-order valence-corrected chi connectivity index (χ4v) is 2.72. The molecule has 0 heterocycles. The number of methoxy groups -OCH3 is 1. The van der Waals surface area contributed by atoms with E-state index >= 15 is 0 Å². The molecule has 1 amide bonds. The van der Waals surface area contributed by atoms with Crippen LogP contribution >= 0.6 is 0 Å². The van der Waals surface area contributed by atoms with Gasteiger partial charge in [-0.05, 0) is 49.7 Å². The van der Waals surface area contributed by atoms with Gasteiger partial charge in [-0.25, -0.2) is 4.79 Å². The van der Waals surface area contributed by atoms with E-state index in [4.69, 9.17) is 4.74 Å². The van der Waals surface area contributed by atoms with Crippen molar-refractivity contribution in [3.8, 4) is 0 Å². The van der Waals surface area contributed by atoms with Crippen molar-refractivity contribution in [1.29, 1.82) is 0 Å². The van der Waals surface area contributed by atoms with E-state index in [2.05, 4.69) is 5.32 Å². The van der Waals surface area contributed by atoms with Crippen LogP contribution in [0.5, 0.6) is 0 Å². The number of aryl methyl sites for hydroxylation is 2. The number of amides is 1. The number of hydrogen-bond acceptors (Lipinski definition) is 4. The molecule has 2 rings (SSSR count). The SMILES string of the molecule is COC(=O)c1cccc(CN(C)CC(=O)Nc2c(C)cccc2C)c1. The van der Waals surface area contributed by atoms with Gasteiger partial charge in [-0.3, -0.25) is 9.69 Å².